The Kier molecular flexibility index (Phi) is 5.45. The van der Waals surface area contributed by atoms with Gasteiger partial charge in [-0.3, -0.25) is 4.90 Å². The van der Waals surface area contributed by atoms with Crippen LogP contribution in [0.2, 0.25) is 0 Å². The van der Waals surface area contributed by atoms with E-state index >= 15 is 0 Å². The SMILES string of the molecule is CCN(Cc1ccccc1N)CC(O)C(C)C. The van der Waals surface area contributed by atoms with E-state index in [0.717, 1.165) is 24.3 Å². The smallest absolute Gasteiger partial charge is 0.0690 e. The molecule has 0 bridgehead atoms. The number of rotatable bonds is 6. The molecule has 3 N–H and O–H groups in total. The van der Waals surface area contributed by atoms with E-state index < -0.39 is 0 Å². The molecule has 0 heterocycles. The van der Waals surface area contributed by atoms with Crippen LogP contribution in [-0.2, 0) is 6.54 Å². The number of aliphatic hydroxyl groups excluding tert-OH is 1. The van der Waals surface area contributed by atoms with Crippen molar-refractivity contribution in [2.45, 2.75) is 33.4 Å². The number of likely N-dealkylation sites (N-methyl/N-ethyl adjacent to an activating group) is 1. The molecule has 0 saturated heterocycles. The largest absolute Gasteiger partial charge is 0.398 e. The summed E-state index contributed by atoms with van der Waals surface area (Å²) in [5.74, 6) is 0.289. The van der Waals surface area contributed by atoms with Crippen molar-refractivity contribution in [1.29, 1.82) is 0 Å². The van der Waals surface area contributed by atoms with Crippen LogP contribution in [-0.4, -0.2) is 29.2 Å². The van der Waals surface area contributed by atoms with Crippen molar-refractivity contribution in [2.75, 3.05) is 18.8 Å². The highest BCUT2D eigenvalue weighted by atomic mass is 16.3. The van der Waals surface area contributed by atoms with Gasteiger partial charge in [-0.05, 0) is 24.1 Å². The fraction of sp³-hybridized carbons (Fsp3) is 0.571. The summed E-state index contributed by atoms with van der Waals surface area (Å²) in [7, 11) is 0. The quantitative estimate of drug-likeness (QED) is 0.744. The predicted octanol–water partition coefficient (Wildman–Crippen LogP) is 2.11. The molecule has 17 heavy (non-hydrogen) atoms. The minimum atomic E-state index is -0.278. The van der Waals surface area contributed by atoms with Gasteiger partial charge in [-0.2, -0.15) is 0 Å². The molecule has 3 nitrogen and oxygen atoms in total. The molecule has 0 aromatic heterocycles. The van der Waals surface area contributed by atoms with Gasteiger partial charge in [-0.1, -0.05) is 39.0 Å². The number of benzene rings is 1. The lowest BCUT2D eigenvalue weighted by Gasteiger charge is -2.26. The van der Waals surface area contributed by atoms with Crippen LogP contribution in [0.25, 0.3) is 0 Å². The Morgan fingerprint density at radius 2 is 1.94 bits per heavy atom. The third kappa shape index (κ3) is 4.36. The van der Waals surface area contributed by atoms with Crippen LogP contribution in [0.1, 0.15) is 26.3 Å². The van der Waals surface area contributed by atoms with Gasteiger partial charge in [0, 0.05) is 18.8 Å². The fourth-order valence-corrected chi connectivity index (χ4v) is 1.70. The maximum absolute atomic E-state index is 9.90. The first-order valence-electron chi connectivity index (χ1n) is 6.28. The summed E-state index contributed by atoms with van der Waals surface area (Å²) < 4.78 is 0. The summed E-state index contributed by atoms with van der Waals surface area (Å²) in [5, 5.41) is 9.90. The van der Waals surface area contributed by atoms with Crippen molar-refractivity contribution < 1.29 is 5.11 Å². The number of nitrogen functional groups attached to an aromatic ring is 1. The maximum atomic E-state index is 9.90. The van der Waals surface area contributed by atoms with Crippen LogP contribution < -0.4 is 5.73 Å². The molecule has 96 valence electrons. The lowest BCUT2D eigenvalue weighted by atomic mass is 10.1. The van der Waals surface area contributed by atoms with Crippen LogP contribution in [0, 0.1) is 5.92 Å². The lowest BCUT2D eigenvalue weighted by molar-refractivity contribution is 0.0755. The summed E-state index contributed by atoms with van der Waals surface area (Å²) in [6.07, 6.45) is -0.278. The molecular formula is C14H24N2O. The molecule has 0 radical (unpaired) electrons. The Hall–Kier alpha value is -1.06. The van der Waals surface area contributed by atoms with E-state index in [2.05, 4.69) is 11.8 Å². The van der Waals surface area contributed by atoms with Crippen molar-refractivity contribution in [3.63, 3.8) is 0 Å². The number of hydrogen-bond acceptors (Lipinski definition) is 3. The predicted molar refractivity (Wildman–Crippen MR) is 72.7 cm³/mol. The summed E-state index contributed by atoms with van der Waals surface area (Å²) >= 11 is 0. The molecule has 0 aliphatic rings. The van der Waals surface area contributed by atoms with E-state index in [4.69, 9.17) is 5.73 Å². The highest BCUT2D eigenvalue weighted by Gasteiger charge is 2.14. The van der Waals surface area contributed by atoms with E-state index in [0.29, 0.717) is 6.54 Å². The van der Waals surface area contributed by atoms with Crippen molar-refractivity contribution >= 4 is 5.69 Å². The van der Waals surface area contributed by atoms with E-state index in [1.165, 1.54) is 0 Å². The third-order valence-electron chi connectivity index (χ3n) is 3.11. The highest BCUT2D eigenvalue weighted by Crippen LogP contribution is 2.14. The van der Waals surface area contributed by atoms with Crippen LogP contribution >= 0.6 is 0 Å². The van der Waals surface area contributed by atoms with Gasteiger partial charge in [-0.25, -0.2) is 0 Å². The van der Waals surface area contributed by atoms with Gasteiger partial charge >= 0.3 is 0 Å². The summed E-state index contributed by atoms with van der Waals surface area (Å²) in [6, 6.07) is 7.90. The van der Waals surface area contributed by atoms with E-state index in [9.17, 15) is 5.11 Å². The number of nitrogens with two attached hydrogens (primary N) is 1. The van der Waals surface area contributed by atoms with E-state index in [1.807, 2.05) is 38.1 Å². The average Bonchev–Trinajstić information content (AvgIpc) is 2.30. The Morgan fingerprint density at radius 3 is 2.47 bits per heavy atom. The van der Waals surface area contributed by atoms with Crippen LogP contribution in [0.15, 0.2) is 24.3 Å². The van der Waals surface area contributed by atoms with Gasteiger partial charge < -0.3 is 10.8 Å². The molecule has 3 heteroatoms. The van der Waals surface area contributed by atoms with Crippen LogP contribution in [0.5, 0.6) is 0 Å². The van der Waals surface area contributed by atoms with E-state index in [1.54, 1.807) is 0 Å². The maximum Gasteiger partial charge on any atom is 0.0690 e. The lowest BCUT2D eigenvalue weighted by Crippen LogP contribution is -2.34. The van der Waals surface area contributed by atoms with Crippen molar-refractivity contribution in [1.82, 2.24) is 4.90 Å². The Labute approximate surface area is 104 Å². The zero-order valence-corrected chi connectivity index (χ0v) is 11.1. The molecule has 1 rings (SSSR count). The van der Waals surface area contributed by atoms with Gasteiger partial charge in [0.15, 0.2) is 0 Å². The molecule has 0 aliphatic heterocycles. The molecule has 1 unspecified atom stereocenters. The van der Waals surface area contributed by atoms with Gasteiger partial charge in [0.2, 0.25) is 0 Å². The van der Waals surface area contributed by atoms with Crippen molar-refractivity contribution in [3.8, 4) is 0 Å². The molecule has 0 spiro atoms. The van der Waals surface area contributed by atoms with Gasteiger partial charge in [0.1, 0.15) is 0 Å². The van der Waals surface area contributed by atoms with E-state index in [-0.39, 0.29) is 12.0 Å². The second-order valence-corrected chi connectivity index (χ2v) is 4.84. The zero-order chi connectivity index (χ0) is 12.8. The standard InChI is InChI=1S/C14H24N2O/c1-4-16(10-14(17)11(2)3)9-12-7-5-6-8-13(12)15/h5-8,11,14,17H,4,9-10,15H2,1-3H3. The summed E-state index contributed by atoms with van der Waals surface area (Å²) in [4.78, 5) is 2.22. The number of aliphatic hydroxyl groups is 1. The minimum absolute atomic E-state index is 0.278. The Balaban J connectivity index is 2.61. The Morgan fingerprint density at radius 1 is 1.29 bits per heavy atom. The molecule has 0 saturated carbocycles. The molecular weight excluding hydrogens is 212 g/mol. The topological polar surface area (TPSA) is 49.5 Å². The first-order valence-corrected chi connectivity index (χ1v) is 6.28. The summed E-state index contributed by atoms with van der Waals surface area (Å²) in [6.45, 7) is 8.59. The third-order valence-corrected chi connectivity index (χ3v) is 3.11. The number of anilines is 1. The van der Waals surface area contributed by atoms with Crippen molar-refractivity contribution in [2.24, 2.45) is 5.92 Å². The first kappa shape index (κ1) is 14.0. The van der Waals surface area contributed by atoms with Crippen molar-refractivity contribution in [3.05, 3.63) is 29.8 Å². The molecule has 0 amide bonds. The molecule has 0 fully saturated rings. The number of nitrogens with zero attached hydrogens (tertiary/aromatic N) is 1. The molecule has 1 aromatic carbocycles. The normalized spacial score (nSPS) is 13.3. The minimum Gasteiger partial charge on any atom is -0.398 e. The monoisotopic (exact) mass is 236 g/mol. The van der Waals surface area contributed by atoms with Crippen LogP contribution in [0.3, 0.4) is 0 Å². The van der Waals surface area contributed by atoms with Crippen LogP contribution in [0.4, 0.5) is 5.69 Å². The Bertz CT molecular complexity index is 339. The summed E-state index contributed by atoms with van der Waals surface area (Å²) in [5.41, 5.74) is 7.88. The second kappa shape index (κ2) is 6.62. The average molecular weight is 236 g/mol. The van der Waals surface area contributed by atoms with Gasteiger partial charge in [-0.15, -0.1) is 0 Å². The van der Waals surface area contributed by atoms with Gasteiger partial charge in [0.05, 0.1) is 6.10 Å². The van der Waals surface area contributed by atoms with Gasteiger partial charge in [0.25, 0.3) is 0 Å². The number of hydrogen-bond donors (Lipinski definition) is 2. The molecule has 1 aromatic rings. The first-order chi connectivity index (χ1) is 8.04. The highest BCUT2D eigenvalue weighted by molar-refractivity contribution is 5.46. The number of para-hydroxylation sites is 1. The molecule has 1 atom stereocenters. The zero-order valence-electron chi connectivity index (χ0n) is 11.1. The second-order valence-electron chi connectivity index (χ2n) is 4.84. The fourth-order valence-electron chi connectivity index (χ4n) is 1.70. The molecule has 0 aliphatic carbocycles.